The minimum absolute atomic E-state index is 0.0755. The lowest BCUT2D eigenvalue weighted by Crippen LogP contribution is -2.71. The molecule has 1 spiro atoms. The summed E-state index contributed by atoms with van der Waals surface area (Å²) in [7, 11) is 0. The van der Waals surface area contributed by atoms with Gasteiger partial charge in [-0.15, -0.1) is 0 Å². The SMILES string of the molecule is NCC[C@H](O)C(=O)N[C@@H]1C[C@H](N)[C@@]2(CC[C@H](O)[C@H](O)CO2)[C@H](O)[C@H]1O. The molecular weight excluding hydrogens is 334 g/mol. The van der Waals surface area contributed by atoms with E-state index in [0.717, 1.165) is 0 Å². The number of nitrogens with two attached hydrogens (primary N) is 2. The van der Waals surface area contributed by atoms with Gasteiger partial charge in [-0.05, 0) is 32.2 Å². The van der Waals surface area contributed by atoms with E-state index in [1.54, 1.807) is 0 Å². The minimum Gasteiger partial charge on any atom is -0.390 e. The number of amides is 1. The van der Waals surface area contributed by atoms with Crippen LogP contribution >= 0.6 is 0 Å². The predicted molar refractivity (Wildman–Crippen MR) is 86.1 cm³/mol. The van der Waals surface area contributed by atoms with Crippen molar-refractivity contribution >= 4 is 5.91 Å². The molecule has 10 N–H and O–H groups in total. The van der Waals surface area contributed by atoms with Crippen molar-refractivity contribution < 1.29 is 35.1 Å². The number of hydrogen-bond donors (Lipinski definition) is 8. The van der Waals surface area contributed by atoms with Gasteiger partial charge in [-0.2, -0.15) is 0 Å². The molecule has 1 saturated carbocycles. The summed E-state index contributed by atoms with van der Waals surface area (Å²) >= 11 is 0. The van der Waals surface area contributed by atoms with Crippen molar-refractivity contribution in [2.45, 2.75) is 73.9 Å². The quantitative estimate of drug-likeness (QED) is 0.245. The molecule has 0 bridgehead atoms. The Balaban J connectivity index is 2.09. The molecule has 25 heavy (non-hydrogen) atoms. The standard InChI is InChI=1S/C15H29N3O7/c16-4-2-9(20)14(24)18-7-5-11(17)15(13(23)12(7)22)3-1-8(19)10(21)6-25-15/h7-13,19-23H,1-6,16-17H2,(H,18,24)/t7-,8+,9+,10-,11+,12+,13-,15+/m1/s1. The van der Waals surface area contributed by atoms with Crippen molar-refractivity contribution in [3.05, 3.63) is 0 Å². The largest absolute Gasteiger partial charge is 0.390 e. The summed E-state index contributed by atoms with van der Waals surface area (Å²) in [6.07, 6.45) is -5.71. The van der Waals surface area contributed by atoms with Crippen molar-refractivity contribution in [3.63, 3.8) is 0 Å². The number of aliphatic hydroxyl groups is 5. The molecule has 1 saturated heterocycles. The number of hydrogen-bond acceptors (Lipinski definition) is 9. The number of carbonyl (C=O) groups is 1. The summed E-state index contributed by atoms with van der Waals surface area (Å²) in [5.74, 6) is -0.697. The van der Waals surface area contributed by atoms with Crippen LogP contribution in [0.2, 0.25) is 0 Å². The average Bonchev–Trinajstić information content (AvgIpc) is 2.72. The fraction of sp³-hybridized carbons (Fsp3) is 0.933. The number of ether oxygens (including phenoxy) is 1. The topological polar surface area (TPSA) is 192 Å². The van der Waals surface area contributed by atoms with E-state index in [1.165, 1.54) is 0 Å². The summed E-state index contributed by atoms with van der Waals surface area (Å²) < 4.78 is 5.62. The van der Waals surface area contributed by atoms with Gasteiger partial charge in [0.15, 0.2) is 0 Å². The molecule has 146 valence electrons. The second kappa shape index (κ2) is 8.23. The number of carbonyl (C=O) groups excluding carboxylic acids is 1. The zero-order valence-corrected chi connectivity index (χ0v) is 14.0. The Morgan fingerprint density at radius 3 is 2.60 bits per heavy atom. The Kier molecular flexibility index (Phi) is 6.74. The first-order valence-electron chi connectivity index (χ1n) is 8.53. The molecule has 1 aliphatic carbocycles. The lowest BCUT2D eigenvalue weighted by Gasteiger charge is -2.50. The normalized spacial score (nSPS) is 43.5. The lowest BCUT2D eigenvalue weighted by molar-refractivity contribution is -0.203. The molecule has 2 rings (SSSR count). The Labute approximate surface area is 145 Å². The lowest BCUT2D eigenvalue weighted by atomic mass is 9.71. The molecule has 10 heteroatoms. The van der Waals surface area contributed by atoms with E-state index in [-0.39, 0.29) is 38.8 Å². The zero-order chi connectivity index (χ0) is 18.8. The molecular formula is C15H29N3O7. The Bertz CT molecular complexity index is 454. The molecule has 1 aliphatic heterocycles. The average molecular weight is 363 g/mol. The Hall–Kier alpha value is -0.850. The molecule has 2 aliphatic rings. The Morgan fingerprint density at radius 2 is 1.96 bits per heavy atom. The van der Waals surface area contributed by atoms with E-state index < -0.39 is 54.1 Å². The van der Waals surface area contributed by atoms with Gasteiger partial charge in [0.05, 0.1) is 18.8 Å². The molecule has 2 fully saturated rings. The number of nitrogens with one attached hydrogen (secondary N) is 1. The molecule has 0 unspecified atom stereocenters. The maximum Gasteiger partial charge on any atom is 0.249 e. The van der Waals surface area contributed by atoms with Crippen LogP contribution in [-0.4, -0.2) is 92.8 Å². The van der Waals surface area contributed by atoms with Crippen LogP contribution in [0.5, 0.6) is 0 Å². The van der Waals surface area contributed by atoms with Crippen molar-refractivity contribution in [2.75, 3.05) is 13.2 Å². The first-order chi connectivity index (χ1) is 11.7. The van der Waals surface area contributed by atoms with Crippen molar-refractivity contribution in [2.24, 2.45) is 11.5 Å². The van der Waals surface area contributed by atoms with Crippen LogP contribution in [0.3, 0.4) is 0 Å². The fourth-order valence-electron chi connectivity index (χ4n) is 3.57. The van der Waals surface area contributed by atoms with Crippen LogP contribution in [0.15, 0.2) is 0 Å². The summed E-state index contributed by atoms with van der Waals surface area (Å²) in [6, 6.07) is -1.61. The van der Waals surface area contributed by atoms with Gasteiger partial charge >= 0.3 is 0 Å². The molecule has 0 radical (unpaired) electrons. The summed E-state index contributed by atoms with van der Waals surface area (Å²) in [5.41, 5.74) is 10.1. The fourth-order valence-corrected chi connectivity index (χ4v) is 3.57. The van der Waals surface area contributed by atoms with E-state index in [4.69, 9.17) is 16.2 Å². The van der Waals surface area contributed by atoms with Crippen LogP contribution in [0.1, 0.15) is 25.7 Å². The second-order valence-corrected chi connectivity index (χ2v) is 6.93. The van der Waals surface area contributed by atoms with Crippen molar-refractivity contribution in [3.8, 4) is 0 Å². The first-order valence-corrected chi connectivity index (χ1v) is 8.53. The summed E-state index contributed by atoms with van der Waals surface area (Å²) in [4.78, 5) is 11.9. The molecule has 0 aromatic carbocycles. The monoisotopic (exact) mass is 363 g/mol. The highest BCUT2D eigenvalue weighted by molar-refractivity contribution is 5.80. The molecule has 10 nitrogen and oxygen atoms in total. The minimum atomic E-state index is -1.43. The van der Waals surface area contributed by atoms with Gasteiger partial charge < -0.3 is 47.1 Å². The van der Waals surface area contributed by atoms with E-state index in [2.05, 4.69) is 5.32 Å². The van der Waals surface area contributed by atoms with E-state index >= 15 is 0 Å². The highest BCUT2D eigenvalue weighted by Crippen LogP contribution is 2.38. The molecule has 8 atom stereocenters. The van der Waals surface area contributed by atoms with Crippen LogP contribution in [0.25, 0.3) is 0 Å². The van der Waals surface area contributed by atoms with Gasteiger partial charge in [-0.3, -0.25) is 4.79 Å². The predicted octanol–water partition coefficient (Wildman–Crippen LogP) is -4.10. The van der Waals surface area contributed by atoms with E-state index in [0.29, 0.717) is 0 Å². The Morgan fingerprint density at radius 1 is 1.28 bits per heavy atom. The highest BCUT2D eigenvalue weighted by Gasteiger charge is 2.55. The van der Waals surface area contributed by atoms with Gasteiger partial charge in [0, 0.05) is 6.04 Å². The van der Waals surface area contributed by atoms with Crippen molar-refractivity contribution in [1.82, 2.24) is 5.32 Å². The maximum absolute atomic E-state index is 11.9. The van der Waals surface area contributed by atoms with Gasteiger partial charge in [0.2, 0.25) is 5.91 Å². The molecule has 1 amide bonds. The second-order valence-electron chi connectivity index (χ2n) is 6.93. The van der Waals surface area contributed by atoms with Crippen LogP contribution in [-0.2, 0) is 9.53 Å². The summed E-state index contributed by atoms with van der Waals surface area (Å²) in [6.45, 7) is -0.0869. The van der Waals surface area contributed by atoms with E-state index in [1.807, 2.05) is 0 Å². The smallest absolute Gasteiger partial charge is 0.249 e. The van der Waals surface area contributed by atoms with Crippen LogP contribution < -0.4 is 16.8 Å². The van der Waals surface area contributed by atoms with E-state index in [9.17, 15) is 30.3 Å². The molecule has 0 aromatic rings. The first kappa shape index (κ1) is 20.5. The molecule has 1 heterocycles. The third-order valence-electron chi connectivity index (χ3n) is 5.24. The van der Waals surface area contributed by atoms with Crippen LogP contribution in [0.4, 0.5) is 0 Å². The maximum atomic E-state index is 11.9. The third kappa shape index (κ3) is 4.12. The van der Waals surface area contributed by atoms with Gasteiger partial charge in [-0.25, -0.2) is 0 Å². The third-order valence-corrected chi connectivity index (χ3v) is 5.24. The zero-order valence-electron chi connectivity index (χ0n) is 14.0. The number of rotatable bonds is 4. The molecule has 0 aromatic heterocycles. The number of aliphatic hydroxyl groups excluding tert-OH is 5. The van der Waals surface area contributed by atoms with Gasteiger partial charge in [0.25, 0.3) is 0 Å². The van der Waals surface area contributed by atoms with Crippen LogP contribution in [0, 0.1) is 0 Å². The summed E-state index contributed by atoms with van der Waals surface area (Å²) in [5, 5.41) is 52.7. The van der Waals surface area contributed by atoms with Crippen molar-refractivity contribution in [1.29, 1.82) is 0 Å². The highest BCUT2D eigenvalue weighted by atomic mass is 16.5. The van der Waals surface area contributed by atoms with Gasteiger partial charge in [0.1, 0.15) is 30.0 Å². The van der Waals surface area contributed by atoms with Gasteiger partial charge in [-0.1, -0.05) is 0 Å².